The number of hydrogen-bond acceptors (Lipinski definition) is 4. The van der Waals surface area contributed by atoms with Crippen LogP contribution >= 0.6 is 0 Å². The van der Waals surface area contributed by atoms with Crippen molar-refractivity contribution in [3.63, 3.8) is 0 Å². The average Bonchev–Trinajstić information content (AvgIpc) is 3.26. The third kappa shape index (κ3) is 3.17. The summed E-state index contributed by atoms with van der Waals surface area (Å²) in [6.45, 7) is 3.03. The Kier molecular flexibility index (Phi) is 3.90. The van der Waals surface area contributed by atoms with Gasteiger partial charge in [-0.1, -0.05) is 48.5 Å². The lowest BCUT2D eigenvalue weighted by Gasteiger charge is -2.14. The van der Waals surface area contributed by atoms with Gasteiger partial charge in [0.2, 0.25) is 11.8 Å². The van der Waals surface area contributed by atoms with E-state index in [2.05, 4.69) is 45.4 Å². The maximum absolute atomic E-state index is 5.90. The molecule has 1 atom stereocenters. The molecule has 1 aromatic heterocycles. The van der Waals surface area contributed by atoms with Gasteiger partial charge in [0.05, 0.1) is 5.92 Å². The molecule has 1 aliphatic heterocycles. The molecule has 1 fully saturated rings. The molecule has 23 heavy (non-hydrogen) atoms. The van der Waals surface area contributed by atoms with E-state index < -0.39 is 0 Å². The summed E-state index contributed by atoms with van der Waals surface area (Å²) < 4.78 is 5.90. The number of hydrogen-bond donors (Lipinski definition) is 0. The first kappa shape index (κ1) is 14.2. The van der Waals surface area contributed by atoms with E-state index in [4.69, 9.17) is 4.42 Å². The molecule has 0 N–H and O–H groups in total. The van der Waals surface area contributed by atoms with E-state index in [1.165, 1.54) is 5.56 Å². The van der Waals surface area contributed by atoms with Crippen LogP contribution in [0, 0.1) is 0 Å². The highest BCUT2D eigenvalue weighted by Gasteiger charge is 2.28. The Morgan fingerprint density at radius 1 is 0.957 bits per heavy atom. The Hall–Kier alpha value is -2.46. The zero-order valence-corrected chi connectivity index (χ0v) is 12.9. The largest absolute Gasteiger partial charge is 0.420 e. The topological polar surface area (TPSA) is 42.2 Å². The minimum Gasteiger partial charge on any atom is -0.420 e. The van der Waals surface area contributed by atoms with Gasteiger partial charge in [-0.2, -0.15) is 0 Å². The van der Waals surface area contributed by atoms with Crippen molar-refractivity contribution in [3.05, 3.63) is 72.1 Å². The fourth-order valence-corrected chi connectivity index (χ4v) is 3.12. The third-order valence-corrected chi connectivity index (χ3v) is 4.33. The van der Waals surface area contributed by atoms with Crippen LogP contribution in [-0.4, -0.2) is 28.2 Å². The predicted molar refractivity (Wildman–Crippen MR) is 88.8 cm³/mol. The van der Waals surface area contributed by atoms with Crippen molar-refractivity contribution in [1.82, 2.24) is 15.1 Å². The SMILES string of the molecule is c1ccc(CN2CC[C@H](c3nnc(-c4ccccc4)o3)C2)cc1. The van der Waals surface area contributed by atoms with Gasteiger partial charge in [0, 0.05) is 18.7 Å². The fraction of sp³-hybridized carbons (Fsp3) is 0.263. The highest BCUT2D eigenvalue weighted by atomic mass is 16.4. The molecule has 3 aromatic rings. The summed E-state index contributed by atoms with van der Waals surface area (Å²) in [5, 5.41) is 8.48. The van der Waals surface area contributed by atoms with Crippen LogP contribution in [0.1, 0.15) is 23.8 Å². The summed E-state index contributed by atoms with van der Waals surface area (Å²) in [5.74, 6) is 1.71. The molecule has 2 aromatic carbocycles. The predicted octanol–water partition coefficient (Wildman–Crippen LogP) is 3.73. The minimum absolute atomic E-state index is 0.337. The van der Waals surface area contributed by atoms with Gasteiger partial charge in [-0.25, -0.2) is 0 Å². The molecule has 0 unspecified atom stereocenters. The number of aromatic nitrogens is 2. The van der Waals surface area contributed by atoms with Crippen LogP contribution in [0.15, 0.2) is 65.1 Å². The van der Waals surface area contributed by atoms with Crippen molar-refractivity contribution in [2.45, 2.75) is 18.9 Å². The number of benzene rings is 2. The van der Waals surface area contributed by atoms with Crippen LogP contribution in [0.4, 0.5) is 0 Å². The Morgan fingerprint density at radius 2 is 1.70 bits per heavy atom. The number of nitrogens with zero attached hydrogens (tertiary/aromatic N) is 3. The van der Waals surface area contributed by atoms with Crippen LogP contribution in [0.5, 0.6) is 0 Å². The van der Waals surface area contributed by atoms with Crippen LogP contribution in [0.25, 0.3) is 11.5 Å². The molecule has 4 heteroatoms. The van der Waals surface area contributed by atoms with Crippen molar-refractivity contribution in [2.24, 2.45) is 0 Å². The van der Waals surface area contributed by atoms with Crippen molar-refractivity contribution in [1.29, 1.82) is 0 Å². The second-order valence-electron chi connectivity index (χ2n) is 6.02. The fourth-order valence-electron chi connectivity index (χ4n) is 3.12. The first-order valence-electron chi connectivity index (χ1n) is 8.03. The van der Waals surface area contributed by atoms with E-state index in [-0.39, 0.29) is 0 Å². The van der Waals surface area contributed by atoms with Crippen LogP contribution in [0.2, 0.25) is 0 Å². The summed E-state index contributed by atoms with van der Waals surface area (Å²) in [4.78, 5) is 2.45. The summed E-state index contributed by atoms with van der Waals surface area (Å²) in [6, 6.07) is 20.5. The van der Waals surface area contributed by atoms with E-state index in [1.54, 1.807) is 0 Å². The highest BCUT2D eigenvalue weighted by Crippen LogP contribution is 2.29. The second-order valence-corrected chi connectivity index (χ2v) is 6.02. The molecule has 0 saturated carbocycles. The molecule has 0 spiro atoms. The molecule has 1 aliphatic rings. The second kappa shape index (κ2) is 6.34. The summed E-state index contributed by atoms with van der Waals surface area (Å²) in [7, 11) is 0. The quantitative estimate of drug-likeness (QED) is 0.736. The van der Waals surface area contributed by atoms with Gasteiger partial charge in [0.1, 0.15) is 0 Å². The molecule has 0 aliphatic carbocycles. The van der Waals surface area contributed by atoms with Crippen LogP contribution in [0.3, 0.4) is 0 Å². The lowest BCUT2D eigenvalue weighted by Crippen LogP contribution is -2.19. The third-order valence-electron chi connectivity index (χ3n) is 4.33. The lowest BCUT2D eigenvalue weighted by atomic mass is 10.1. The van der Waals surface area contributed by atoms with Gasteiger partial charge in [0.25, 0.3) is 0 Å². The molecule has 4 nitrogen and oxygen atoms in total. The average molecular weight is 305 g/mol. The standard InChI is InChI=1S/C19H19N3O/c1-3-7-15(8-4-1)13-22-12-11-17(14-22)19-21-20-18(23-19)16-9-5-2-6-10-16/h1-10,17H,11-14H2/t17-/m0/s1. The van der Waals surface area contributed by atoms with Crippen molar-refractivity contribution in [3.8, 4) is 11.5 Å². The lowest BCUT2D eigenvalue weighted by molar-refractivity contribution is 0.320. The van der Waals surface area contributed by atoms with Gasteiger partial charge in [-0.3, -0.25) is 4.90 Å². The first-order valence-corrected chi connectivity index (χ1v) is 8.03. The molecule has 0 radical (unpaired) electrons. The molecule has 116 valence electrons. The molecule has 0 bridgehead atoms. The van der Waals surface area contributed by atoms with Crippen molar-refractivity contribution in [2.75, 3.05) is 13.1 Å². The molecule has 4 rings (SSSR count). The van der Waals surface area contributed by atoms with Crippen molar-refractivity contribution >= 4 is 0 Å². The molecular formula is C19H19N3O. The molecule has 0 amide bonds. The smallest absolute Gasteiger partial charge is 0.247 e. The van der Waals surface area contributed by atoms with Gasteiger partial charge < -0.3 is 4.42 Å². The minimum atomic E-state index is 0.337. The Bertz CT molecular complexity index is 755. The van der Waals surface area contributed by atoms with Gasteiger partial charge in [-0.05, 0) is 30.7 Å². The van der Waals surface area contributed by atoms with Gasteiger partial charge in [0.15, 0.2) is 0 Å². The molecule has 2 heterocycles. The summed E-state index contributed by atoms with van der Waals surface area (Å²) in [5.41, 5.74) is 2.33. The summed E-state index contributed by atoms with van der Waals surface area (Å²) >= 11 is 0. The Labute approximate surface area is 135 Å². The van der Waals surface area contributed by atoms with E-state index in [0.29, 0.717) is 11.8 Å². The maximum Gasteiger partial charge on any atom is 0.247 e. The monoisotopic (exact) mass is 305 g/mol. The highest BCUT2D eigenvalue weighted by molar-refractivity contribution is 5.51. The van der Waals surface area contributed by atoms with Gasteiger partial charge >= 0.3 is 0 Å². The van der Waals surface area contributed by atoms with Crippen LogP contribution < -0.4 is 0 Å². The van der Waals surface area contributed by atoms with E-state index >= 15 is 0 Å². The molecule has 1 saturated heterocycles. The zero-order valence-electron chi connectivity index (χ0n) is 12.9. The molecular weight excluding hydrogens is 286 g/mol. The number of rotatable bonds is 4. The Balaban J connectivity index is 1.43. The van der Waals surface area contributed by atoms with E-state index in [1.807, 2.05) is 30.3 Å². The number of likely N-dealkylation sites (tertiary alicyclic amines) is 1. The first-order chi connectivity index (χ1) is 11.4. The summed E-state index contributed by atoms with van der Waals surface area (Å²) in [6.07, 6.45) is 1.07. The zero-order chi connectivity index (χ0) is 15.5. The van der Waals surface area contributed by atoms with E-state index in [9.17, 15) is 0 Å². The van der Waals surface area contributed by atoms with Crippen molar-refractivity contribution < 1.29 is 4.42 Å². The van der Waals surface area contributed by atoms with E-state index in [0.717, 1.165) is 37.5 Å². The maximum atomic E-state index is 5.90. The van der Waals surface area contributed by atoms with Gasteiger partial charge in [-0.15, -0.1) is 10.2 Å². The Morgan fingerprint density at radius 3 is 2.48 bits per heavy atom. The van der Waals surface area contributed by atoms with Crippen LogP contribution in [-0.2, 0) is 6.54 Å². The normalized spacial score (nSPS) is 18.3.